The Balaban J connectivity index is 0.000000101. The maximum atomic E-state index is 6.56. The van der Waals surface area contributed by atoms with E-state index in [0.29, 0.717) is 0 Å². The predicted octanol–water partition coefficient (Wildman–Crippen LogP) is 36.3. The number of hydrogen-bond acceptors (Lipinski definition) is 4. The summed E-state index contributed by atoms with van der Waals surface area (Å²) in [5, 5.41) is 28.7. The van der Waals surface area contributed by atoms with E-state index >= 15 is 0 Å². The number of ether oxygens (including phenoxy) is 2. The van der Waals surface area contributed by atoms with Gasteiger partial charge in [0.1, 0.15) is 11.5 Å². The first-order valence-corrected chi connectivity index (χ1v) is 51.7. The van der Waals surface area contributed by atoms with Crippen LogP contribution in [0.15, 0.2) is 382 Å². The zero-order chi connectivity index (χ0) is 93.0. The molecular weight excluding hydrogens is 1730 g/mol. The Hall–Kier alpha value is -14.3. The molecule has 4 nitrogen and oxygen atoms in total. The average molecular weight is 1830 g/mol. The molecule has 1 aliphatic heterocycles. The molecule has 1 saturated heterocycles. The summed E-state index contributed by atoms with van der Waals surface area (Å²) < 4.78 is 24.7. The topological polar surface area (TPSA) is 36.9 Å². The van der Waals surface area contributed by atoms with Gasteiger partial charge in [0.15, 0.2) is 0 Å². The van der Waals surface area contributed by atoms with Gasteiger partial charge >= 0.3 is 7.12 Å². The highest BCUT2D eigenvalue weighted by molar-refractivity contribution is 7.67. The molecule has 0 aromatic heterocycles. The summed E-state index contributed by atoms with van der Waals surface area (Å²) in [5.74, 6) is 1.83. The summed E-state index contributed by atoms with van der Waals surface area (Å²) in [4.78, 5) is 0. The highest BCUT2D eigenvalue weighted by Gasteiger charge is 2.53. The minimum atomic E-state index is -0.422. The molecule has 1 heterocycles. The van der Waals surface area contributed by atoms with Crippen LogP contribution in [0.5, 0.6) is 11.5 Å². The molecule has 7 aliphatic rings. The Morgan fingerprint density at radius 3 is 1.02 bits per heavy atom. The minimum Gasteiger partial charge on any atom is -0.496 e. The van der Waals surface area contributed by atoms with Crippen molar-refractivity contribution < 1.29 is 18.8 Å². The fourth-order valence-electron chi connectivity index (χ4n) is 25.3. The van der Waals surface area contributed by atoms with Gasteiger partial charge in [0.05, 0.1) is 31.0 Å². The first-order chi connectivity index (χ1) is 68.4. The highest BCUT2D eigenvalue weighted by Crippen LogP contribution is 2.64. The van der Waals surface area contributed by atoms with Gasteiger partial charge in [-0.15, -0.1) is 0 Å². The van der Waals surface area contributed by atoms with Crippen LogP contribution in [0.4, 0.5) is 0 Å². The van der Waals surface area contributed by atoms with Crippen molar-refractivity contribution in [3.05, 3.63) is 387 Å². The summed E-state index contributed by atoms with van der Waals surface area (Å²) in [7, 11) is 2.94. The van der Waals surface area contributed by atoms with Gasteiger partial charge in [-0.05, 0) is 324 Å². The van der Waals surface area contributed by atoms with Crippen molar-refractivity contribution in [2.24, 2.45) is 0 Å². The SMILES string of the molecule is CC1(C)OB(c2ccc3c4c(cccc24)-c2c-3c(-c3ccccc3)c3ccccc3c2-c2ccccc2)OC1(C)C.COc1cccc(OC)c1-c1ccccc1P(C1CCCCC1)C1CCCCC1.Clc1ccc2c3c1ccc1ccc4cccc-2c4c13.c1ccc(-c2c3c(c(-c4ccccc4)c4ccccc24)-c2ccc(-c4ccc5c6c4ccc4ccc7cccc-5c7c46)c4cccc-3c24)cc1. The van der Waals surface area contributed by atoms with Gasteiger partial charge in [-0.1, -0.05) is 422 Å². The fourth-order valence-corrected chi connectivity index (χ4v) is 29.4. The van der Waals surface area contributed by atoms with E-state index < -0.39 is 18.3 Å². The van der Waals surface area contributed by atoms with Crippen molar-refractivity contribution in [3.63, 3.8) is 0 Å². The lowest BCUT2D eigenvalue weighted by molar-refractivity contribution is 0.00578. The molecule has 22 aromatic rings. The van der Waals surface area contributed by atoms with Crippen LogP contribution in [0.2, 0.25) is 5.02 Å². The second-order valence-corrected chi connectivity index (χ2v) is 43.0. The van der Waals surface area contributed by atoms with E-state index in [4.69, 9.17) is 30.4 Å². The van der Waals surface area contributed by atoms with Crippen LogP contribution in [-0.2, 0) is 9.31 Å². The van der Waals surface area contributed by atoms with Crippen LogP contribution in [-0.4, -0.2) is 43.9 Å². The molecule has 0 unspecified atom stereocenters. The van der Waals surface area contributed by atoms with E-state index in [9.17, 15) is 0 Å². The lowest BCUT2D eigenvalue weighted by Gasteiger charge is -2.39. The number of benzene rings is 22. The molecule has 0 radical (unpaired) electrons. The molecule has 7 heteroatoms. The van der Waals surface area contributed by atoms with Gasteiger partial charge in [0.2, 0.25) is 0 Å². The van der Waals surface area contributed by atoms with Crippen molar-refractivity contribution in [1.29, 1.82) is 0 Å². The average Bonchev–Trinajstić information content (AvgIpc) is 1.42. The van der Waals surface area contributed by atoms with E-state index in [-0.39, 0.29) is 7.92 Å². The molecule has 0 amide bonds. The van der Waals surface area contributed by atoms with Crippen molar-refractivity contribution in [1.82, 2.24) is 0 Å². The van der Waals surface area contributed by atoms with E-state index in [1.807, 2.05) is 12.1 Å². The van der Waals surface area contributed by atoms with Gasteiger partial charge < -0.3 is 18.8 Å². The second kappa shape index (κ2) is 34.1. The zero-order valence-corrected chi connectivity index (χ0v) is 80.8. The summed E-state index contributed by atoms with van der Waals surface area (Å²) in [6.07, 6.45) is 14.2. The third-order valence-electron chi connectivity index (χ3n) is 32.0. The van der Waals surface area contributed by atoms with Gasteiger partial charge in [-0.25, -0.2) is 0 Å². The molecule has 3 fully saturated rings. The normalized spacial score (nSPS) is 14.9. The zero-order valence-electron chi connectivity index (χ0n) is 79.1. The number of hydrogen-bond donors (Lipinski definition) is 0. The molecule has 139 heavy (non-hydrogen) atoms. The van der Waals surface area contributed by atoms with Crippen LogP contribution in [0, 0.1) is 0 Å². The maximum Gasteiger partial charge on any atom is 0.495 e. The first-order valence-electron chi connectivity index (χ1n) is 49.8. The number of methoxy groups -OCH3 is 2. The molecule has 0 spiro atoms. The molecule has 22 aromatic carbocycles. The summed E-state index contributed by atoms with van der Waals surface area (Å²) in [5.41, 5.74) is 33.1. The monoisotopic (exact) mass is 1830 g/mol. The van der Waals surface area contributed by atoms with Crippen molar-refractivity contribution in [2.75, 3.05) is 14.2 Å². The van der Waals surface area contributed by atoms with Crippen LogP contribution in [0.3, 0.4) is 0 Å². The minimum absolute atomic E-state index is 0.182. The second-order valence-electron chi connectivity index (χ2n) is 39.9. The molecular formula is C132H103BClO4P. The van der Waals surface area contributed by atoms with E-state index in [2.05, 4.69) is 398 Å². The molecule has 0 bridgehead atoms. The Morgan fingerprint density at radius 2 is 0.561 bits per heavy atom. The van der Waals surface area contributed by atoms with E-state index in [1.54, 1.807) is 19.5 Å². The van der Waals surface area contributed by atoms with Crippen LogP contribution in [0.1, 0.15) is 91.9 Å². The molecule has 670 valence electrons. The van der Waals surface area contributed by atoms with Crippen molar-refractivity contribution in [3.8, 4) is 145 Å². The molecule has 0 atom stereocenters. The lowest BCUT2D eigenvalue weighted by atomic mass is 9.75. The Labute approximate surface area is 818 Å². The summed E-state index contributed by atoms with van der Waals surface area (Å²) in [6.45, 7) is 8.47. The van der Waals surface area contributed by atoms with E-state index in [0.717, 1.165) is 44.3 Å². The number of halogens is 1. The Kier molecular flexibility index (Phi) is 20.9. The first kappa shape index (κ1) is 85.2. The number of fused-ring (bicyclic) bond motifs is 10. The fraction of sp³-hybridized carbons (Fsp3) is 0.152. The number of rotatable bonds is 12. The third-order valence-corrected chi connectivity index (χ3v) is 35.9. The predicted molar refractivity (Wildman–Crippen MR) is 594 cm³/mol. The van der Waals surface area contributed by atoms with Crippen molar-refractivity contribution in [2.45, 2.75) is 114 Å². The van der Waals surface area contributed by atoms with Gasteiger partial charge in [0.25, 0.3) is 0 Å². The third kappa shape index (κ3) is 13.6. The molecule has 0 N–H and O–H groups in total. The Morgan fingerprint density at radius 1 is 0.245 bits per heavy atom. The Bertz CT molecular complexity index is 8580. The highest BCUT2D eigenvalue weighted by atomic mass is 35.5. The van der Waals surface area contributed by atoms with Crippen molar-refractivity contribution >= 4 is 145 Å². The quantitative estimate of drug-likeness (QED) is 0.0694. The van der Waals surface area contributed by atoms with E-state index in [1.165, 1.54) is 295 Å². The lowest BCUT2D eigenvalue weighted by Crippen LogP contribution is -2.41. The molecule has 29 rings (SSSR count). The standard InChI is InChI=1S/C50H28.C38H31BO2.C26H35O2P.C18H9Cl/c1-3-11-29(12-4-1)44-36-16-7-8-17-37(36)45(30-13-5-2-6-14-30)50-42-28-26-33(35-19-10-20-41(47(35)42)49(44)50)34-25-27-40-38-18-9-15-31-21-22-32-23-24-39(34)48(40)46(32)43(31)38;1-37(2)38(3,4)41-39(40-37)31-23-22-30-34-28(31)20-13-21-29(34)35-32(24-14-7-5-8-15-24)26-18-11-12-19-27(26)33(36(30)35)25-16-9-6-10-17-25;1-27-23-17-11-18-24(28-2)26(23)22-16-9-10-19-25(22)29(20-12-5-3-6-13-20)21-14-7-4-8-15-21;19-15-9-8-13-12-3-1-2-10-4-5-11-6-7-14(15)18(13)17(11)16(10)12/h1-28H;5-23H,1-4H3;9-11,16-21H,3-8,12-15H2,1-2H3;1-9H. The van der Waals surface area contributed by atoms with Gasteiger partial charge in [-0.3, -0.25) is 0 Å². The van der Waals surface area contributed by atoms with Crippen LogP contribution >= 0.6 is 19.5 Å². The van der Waals surface area contributed by atoms with Gasteiger partial charge in [-0.2, -0.15) is 0 Å². The summed E-state index contributed by atoms with van der Waals surface area (Å²) in [6, 6.07) is 140. The largest absolute Gasteiger partial charge is 0.496 e. The van der Waals surface area contributed by atoms with Crippen LogP contribution < -0.4 is 20.2 Å². The van der Waals surface area contributed by atoms with Gasteiger partial charge in [0, 0.05) is 10.4 Å². The van der Waals surface area contributed by atoms with Crippen LogP contribution in [0.25, 0.3) is 241 Å². The summed E-state index contributed by atoms with van der Waals surface area (Å²) >= 11 is 6.36. The maximum absolute atomic E-state index is 6.56. The molecule has 6 aliphatic carbocycles. The smallest absolute Gasteiger partial charge is 0.495 e. The molecule has 2 saturated carbocycles.